The zero-order chi connectivity index (χ0) is 12.3. The Morgan fingerprint density at radius 1 is 1.44 bits per heavy atom. The lowest BCUT2D eigenvalue weighted by Crippen LogP contribution is -2.39. The molecule has 98 valence electrons. The van der Waals surface area contributed by atoms with E-state index in [0.29, 0.717) is 6.54 Å². The van der Waals surface area contributed by atoms with Crippen LogP contribution in [0.5, 0.6) is 0 Å². The SMILES string of the molecule is C[C@H](N)C(=O)NCCc1csc2ccccc12.Cl. The number of halogens is 1. The fourth-order valence-electron chi connectivity index (χ4n) is 1.71. The number of hydrogen-bond donors (Lipinski definition) is 2. The van der Waals surface area contributed by atoms with Crippen LogP contribution in [0.4, 0.5) is 0 Å². The second kappa shape index (κ2) is 6.73. The van der Waals surface area contributed by atoms with Gasteiger partial charge in [-0.25, -0.2) is 0 Å². The molecule has 0 aliphatic rings. The minimum atomic E-state index is -0.436. The van der Waals surface area contributed by atoms with Crippen LogP contribution in [0.2, 0.25) is 0 Å². The molecule has 0 fully saturated rings. The second-order valence-electron chi connectivity index (χ2n) is 4.09. The van der Waals surface area contributed by atoms with E-state index in [1.165, 1.54) is 15.6 Å². The van der Waals surface area contributed by atoms with Crippen molar-refractivity contribution in [1.29, 1.82) is 0 Å². The minimum Gasteiger partial charge on any atom is -0.354 e. The summed E-state index contributed by atoms with van der Waals surface area (Å²) in [6, 6.07) is 7.88. The highest BCUT2D eigenvalue weighted by Gasteiger charge is 2.07. The maximum Gasteiger partial charge on any atom is 0.236 e. The largest absolute Gasteiger partial charge is 0.354 e. The highest BCUT2D eigenvalue weighted by Crippen LogP contribution is 2.25. The standard InChI is InChI=1S/C13H16N2OS.ClH/c1-9(14)13(16)15-7-6-10-8-17-12-5-3-2-4-11(10)12;/h2-5,8-9H,6-7,14H2,1H3,(H,15,16);1H/t9-;/m0./s1. The van der Waals surface area contributed by atoms with Crippen LogP contribution >= 0.6 is 23.7 Å². The van der Waals surface area contributed by atoms with E-state index in [-0.39, 0.29) is 18.3 Å². The highest BCUT2D eigenvalue weighted by atomic mass is 35.5. The molecule has 0 aliphatic heterocycles. The van der Waals surface area contributed by atoms with E-state index in [1.807, 2.05) is 12.1 Å². The van der Waals surface area contributed by atoms with Crippen molar-refractivity contribution in [3.63, 3.8) is 0 Å². The van der Waals surface area contributed by atoms with Crippen molar-refractivity contribution >= 4 is 39.7 Å². The van der Waals surface area contributed by atoms with Crippen molar-refractivity contribution in [2.45, 2.75) is 19.4 Å². The summed E-state index contributed by atoms with van der Waals surface area (Å²) in [5.41, 5.74) is 6.76. The summed E-state index contributed by atoms with van der Waals surface area (Å²) in [6.07, 6.45) is 0.850. The Morgan fingerprint density at radius 2 is 2.17 bits per heavy atom. The summed E-state index contributed by atoms with van der Waals surface area (Å²) in [5, 5.41) is 6.27. The molecule has 1 amide bonds. The van der Waals surface area contributed by atoms with E-state index < -0.39 is 6.04 Å². The Morgan fingerprint density at radius 3 is 2.89 bits per heavy atom. The molecule has 3 N–H and O–H groups in total. The fraction of sp³-hybridized carbons (Fsp3) is 0.308. The van der Waals surface area contributed by atoms with Gasteiger partial charge in [0.05, 0.1) is 6.04 Å². The fourth-order valence-corrected chi connectivity index (χ4v) is 2.71. The maximum absolute atomic E-state index is 11.3. The van der Waals surface area contributed by atoms with Crippen LogP contribution in [0.1, 0.15) is 12.5 Å². The molecular weight excluding hydrogens is 268 g/mol. The molecule has 0 saturated carbocycles. The van der Waals surface area contributed by atoms with Crippen molar-refractivity contribution in [3.8, 4) is 0 Å². The Kier molecular flexibility index (Phi) is 5.59. The van der Waals surface area contributed by atoms with Gasteiger partial charge in [0.25, 0.3) is 0 Å². The van der Waals surface area contributed by atoms with Crippen LogP contribution in [0.3, 0.4) is 0 Å². The molecule has 1 aromatic heterocycles. The van der Waals surface area contributed by atoms with Crippen molar-refractivity contribution in [3.05, 3.63) is 35.2 Å². The number of carbonyl (C=O) groups excluding carboxylic acids is 1. The van der Waals surface area contributed by atoms with Gasteiger partial charge in [-0.3, -0.25) is 4.79 Å². The summed E-state index contributed by atoms with van der Waals surface area (Å²) in [6.45, 7) is 2.33. The van der Waals surface area contributed by atoms with E-state index in [2.05, 4.69) is 22.8 Å². The van der Waals surface area contributed by atoms with Gasteiger partial charge in [0, 0.05) is 11.2 Å². The summed E-state index contributed by atoms with van der Waals surface area (Å²) >= 11 is 1.74. The summed E-state index contributed by atoms with van der Waals surface area (Å²) < 4.78 is 1.29. The van der Waals surface area contributed by atoms with Crippen LogP contribution in [0, 0.1) is 0 Å². The van der Waals surface area contributed by atoms with Gasteiger partial charge in [-0.1, -0.05) is 18.2 Å². The predicted octanol–water partition coefficient (Wildman–Crippen LogP) is 2.33. The summed E-state index contributed by atoms with van der Waals surface area (Å²) in [7, 11) is 0. The first kappa shape index (κ1) is 15.0. The van der Waals surface area contributed by atoms with Gasteiger partial charge < -0.3 is 11.1 Å². The number of amides is 1. The Labute approximate surface area is 117 Å². The lowest BCUT2D eigenvalue weighted by Gasteiger charge is -2.06. The first-order valence-corrected chi connectivity index (χ1v) is 6.55. The molecule has 0 aliphatic carbocycles. The first-order chi connectivity index (χ1) is 8.18. The molecular formula is C13H17ClN2OS. The highest BCUT2D eigenvalue weighted by molar-refractivity contribution is 7.17. The normalized spacial score (nSPS) is 11.9. The molecule has 2 rings (SSSR count). The van der Waals surface area contributed by atoms with Crippen LogP contribution in [-0.4, -0.2) is 18.5 Å². The van der Waals surface area contributed by atoms with E-state index in [1.54, 1.807) is 18.3 Å². The van der Waals surface area contributed by atoms with Crippen molar-refractivity contribution in [1.82, 2.24) is 5.32 Å². The number of nitrogens with two attached hydrogens (primary N) is 1. The average Bonchev–Trinajstić information content (AvgIpc) is 2.72. The van der Waals surface area contributed by atoms with Gasteiger partial charge in [0.2, 0.25) is 5.91 Å². The summed E-state index contributed by atoms with van der Waals surface area (Å²) in [5.74, 6) is -0.0930. The molecule has 0 saturated heterocycles. The van der Waals surface area contributed by atoms with Gasteiger partial charge in [-0.15, -0.1) is 23.7 Å². The van der Waals surface area contributed by atoms with Crippen molar-refractivity contribution in [2.75, 3.05) is 6.54 Å². The number of hydrogen-bond acceptors (Lipinski definition) is 3. The molecule has 18 heavy (non-hydrogen) atoms. The quantitative estimate of drug-likeness (QED) is 0.905. The third-order valence-corrected chi connectivity index (χ3v) is 3.68. The number of fused-ring (bicyclic) bond motifs is 1. The lowest BCUT2D eigenvalue weighted by atomic mass is 10.1. The monoisotopic (exact) mass is 284 g/mol. The van der Waals surface area contributed by atoms with Crippen LogP contribution in [-0.2, 0) is 11.2 Å². The Balaban J connectivity index is 0.00000162. The van der Waals surface area contributed by atoms with Crippen LogP contribution in [0.25, 0.3) is 10.1 Å². The number of rotatable bonds is 4. The van der Waals surface area contributed by atoms with Crippen LogP contribution < -0.4 is 11.1 Å². The zero-order valence-electron chi connectivity index (χ0n) is 10.2. The van der Waals surface area contributed by atoms with E-state index in [4.69, 9.17) is 5.73 Å². The van der Waals surface area contributed by atoms with Gasteiger partial charge in [-0.2, -0.15) is 0 Å². The molecule has 2 aromatic rings. The minimum absolute atomic E-state index is 0. The van der Waals surface area contributed by atoms with Gasteiger partial charge in [0.1, 0.15) is 0 Å². The van der Waals surface area contributed by atoms with E-state index in [0.717, 1.165) is 6.42 Å². The number of benzene rings is 1. The summed E-state index contributed by atoms with van der Waals surface area (Å²) in [4.78, 5) is 11.3. The zero-order valence-corrected chi connectivity index (χ0v) is 11.8. The average molecular weight is 285 g/mol. The number of nitrogens with one attached hydrogen (secondary N) is 1. The third kappa shape index (κ3) is 3.45. The molecule has 1 atom stereocenters. The van der Waals surface area contributed by atoms with Crippen molar-refractivity contribution < 1.29 is 4.79 Å². The molecule has 0 bridgehead atoms. The molecule has 1 aromatic carbocycles. The third-order valence-electron chi connectivity index (χ3n) is 2.67. The Hall–Kier alpha value is -1.10. The molecule has 0 spiro atoms. The first-order valence-electron chi connectivity index (χ1n) is 5.67. The predicted molar refractivity (Wildman–Crippen MR) is 79.4 cm³/mol. The van der Waals surface area contributed by atoms with E-state index >= 15 is 0 Å². The van der Waals surface area contributed by atoms with Crippen molar-refractivity contribution in [2.24, 2.45) is 5.73 Å². The second-order valence-corrected chi connectivity index (χ2v) is 5.00. The van der Waals surface area contributed by atoms with Gasteiger partial charge in [0.15, 0.2) is 0 Å². The lowest BCUT2D eigenvalue weighted by molar-refractivity contribution is -0.121. The molecule has 0 unspecified atom stereocenters. The van der Waals surface area contributed by atoms with E-state index in [9.17, 15) is 4.79 Å². The van der Waals surface area contributed by atoms with Crippen LogP contribution in [0.15, 0.2) is 29.6 Å². The van der Waals surface area contributed by atoms with Gasteiger partial charge in [-0.05, 0) is 35.7 Å². The Bertz CT molecular complexity index is 524. The smallest absolute Gasteiger partial charge is 0.236 e. The molecule has 3 nitrogen and oxygen atoms in total. The number of carbonyl (C=O) groups is 1. The molecule has 1 heterocycles. The number of thiophene rings is 1. The maximum atomic E-state index is 11.3. The van der Waals surface area contributed by atoms with Gasteiger partial charge >= 0.3 is 0 Å². The molecule has 0 radical (unpaired) electrons. The molecule has 5 heteroatoms. The topological polar surface area (TPSA) is 55.1 Å².